The molecular formula is C12H12N3+. The van der Waals surface area contributed by atoms with Gasteiger partial charge in [-0.15, -0.1) is 0 Å². The second-order valence-electron chi connectivity index (χ2n) is 3.62. The van der Waals surface area contributed by atoms with Crippen LogP contribution in [0.15, 0.2) is 42.6 Å². The van der Waals surface area contributed by atoms with Gasteiger partial charge in [-0.3, -0.25) is 5.32 Å². The quantitative estimate of drug-likeness (QED) is 0.703. The topological polar surface area (TPSA) is 28.8 Å². The molecule has 15 heavy (non-hydrogen) atoms. The van der Waals surface area contributed by atoms with E-state index in [1.165, 1.54) is 0 Å². The van der Waals surface area contributed by atoms with Crippen LogP contribution in [0.5, 0.6) is 0 Å². The van der Waals surface area contributed by atoms with E-state index in [4.69, 9.17) is 0 Å². The zero-order valence-corrected chi connectivity index (χ0v) is 8.35. The van der Waals surface area contributed by atoms with E-state index in [0.29, 0.717) is 0 Å². The number of aromatic nitrogens is 2. The normalized spacial score (nSPS) is 13.3. The molecule has 1 aromatic heterocycles. The third kappa shape index (κ3) is 1.46. The first-order chi connectivity index (χ1) is 7.43. The number of fused-ring (bicyclic) bond motifs is 1. The molecule has 3 heteroatoms. The van der Waals surface area contributed by atoms with Gasteiger partial charge in [0, 0.05) is 11.6 Å². The van der Waals surface area contributed by atoms with Gasteiger partial charge in [-0.25, -0.2) is 4.57 Å². The highest BCUT2D eigenvalue weighted by atomic mass is 15.2. The third-order valence-electron chi connectivity index (χ3n) is 2.62. The highest BCUT2D eigenvalue weighted by Gasteiger charge is 2.19. The van der Waals surface area contributed by atoms with Crippen molar-refractivity contribution in [3.63, 3.8) is 0 Å². The van der Waals surface area contributed by atoms with Gasteiger partial charge < -0.3 is 0 Å². The molecule has 0 saturated heterocycles. The van der Waals surface area contributed by atoms with Crippen molar-refractivity contribution in [2.24, 2.45) is 0 Å². The molecule has 1 aliphatic heterocycles. The first-order valence-electron chi connectivity index (χ1n) is 5.13. The molecule has 3 rings (SSSR count). The molecule has 1 aromatic carbocycles. The van der Waals surface area contributed by atoms with Crippen LogP contribution in [0.25, 0.3) is 11.3 Å². The summed E-state index contributed by atoms with van der Waals surface area (Å²) >= 11 is 0. The average Bonchev–Trinajstić information content (AvgIpc) is 2.77. The number of rotatable bonds is 1. The second-order valence-corrected chi connectivity index (χ2v) is 3.62. The minimum Gasteiger partial charge on any atom is -0.271 e. The van der Waals surface area contributed by atoms with Gasteiger partial charge >= 0.3 is 5.95 Å². The van der Waals surface area contributed by atoms with Crippen LogP contribution in [0.4, 0.5) is 5.95 Å². The summed E-state index contributed by atoms with van der Waals surface area (Å²) in [5.74, 6) is 0.969. The van der Waals surface area contributed by atoms with E-state index in [-0.39, 0.29) is 0 Å². The number of nitrogens with one attached hydrogen (secondary N) is 1. The third-order valence-corrected chi connectivity index (χ3v) is 2.62. The maximum Gasteiger partial charge on any atom is 0.392 e. The van der Waals surface area contributed by atoms with Crippen LogP contribution in [0.1, 0.15) is 0 Å². The van der Waals surface area contributed by atoms with Gasteiger partial charge in [0.15, 0.2) is 5.69 Å². The zero-order valence-electron chi connectivity index (χ0n) is 8.35. The lowest BCUT2D eigenvalue weighted by Gasteiger charge is -1.98. The van der Waals surface area contributed by atoms with Gasteiger partial charge in [0.1, 0.15) is 6.54 Å². The Hall–Kier alpha value is -1.90. The number of anilines is 1. The Morgan fingerprint density at radius 3 is 2.87 bits per heavy atom. The summed E-state index contributed by atoms with van der Waals surface area (Å²) in [5, 5.41) is 3.26. The van der Waals surface area contributed by atoms with Crippen molar-refractivity contribution < 1.29 is 4.57 Å². The van der Waals surface area contributed by atoms with Crippen LogP contribution in [-0.2, 0) is 6.54 Å². The smallest absolute Gasteiger partial charge is 0.271 e. The summed E-state index contributed by atoms with van der Waals surface area (Å²) in [6, 6.07) is 12.3. The number of nitrogens with zero attached hydrogens (tertiary/aromatic N) is 2. The Bertz CT molecular complexity index is 479. The fourth-order valence-corrected chi connectivity index (χ4v) is 1.83. The van der Waals surface area contributed by atoms with Crippen LogP contribution in [0.2, 0.25) is 0 Å². The van der Waals surface area contributed by atoms with Gasteiger partial charge in [0.25, 0.3) is 0 Å². The largest absolute Gasteiger partial charge is 0.392 e. The summed E-state index contributed by atoms with van der Waals surface area (Å²) in [5.41, 5.74) is 2.19. The maximum absolute atomic E-state index is 4.58. The summed E-state index contributed by atoms with van der Waals surface area (Å²) in [4.78, 5) is 4.58. The molecule has 1 aliphatic rings. The number of hydrogen-bond donors (Lipinski definition) is 1. The summed E-state index contributed by atoms with van der Waals surface area (Å²) in [6.45, 7) is 1.99. The SMILES string of the molecule is c1ccc(-c2cc[n+]3c(n2)NCC3)cc1. The maximum atomic E-state index is 4.58. The molecule has 2 heterocycles. The number of benzene rings is 1. The van der Waals surface area contributed by atoms with Gasteiger partial charge in [-0.2, -0.15) is 0 Å². The second kappa shape index (κ2) is 3.35. The molecule has 2 aromatic rings. The Labute approximate surface area is 88.4 Å². The molecule has 0 radical (unpaired) electrons. The van der Waals surface area contributed by atoms with Crippen LogP contribution in [-0.4, -0.2) is 11.5 Å². The standard InChI is InChI=1S/C12H11N3/c1-2-4-10(5-3-1)11-6-8-15-9-7-13-12(15)14-11/h1-6,8H,7,9H2/p+1. The molecule has 0 fully saturated rings. The molecule has 1 N–H and O–H groups in total. The van der Waals surface area contributed by atoms with Crippen molar-refractivity contribution in [3.05, 3.63) is 42.6 Å². The van der Waals surface area contributed by atoms with Crippen molar-refractivity contribution >= 4 is 5.95 Å². The monoisotopic (exact) mass is 198 g/mol. The lowest BCUT2D eigenvalue weighted by Crippen LogP contribution is -2.30. The van der Waals surface area contributed by atoms with Gasteiger partial charge in [-0.05, 0) is 0 Å². The van der Waals surface area contributed by atoms with E-state index in [9.17, 15) is 0 Å². The van der Waals surface area contributed by atoms with E-state index in [0.717, 1.165) is 30.3 Å². The summed E-state index contributed by atoms with van der Waals surface area (Å²) < 4.78 is 2.13. The minimum atomic E-state index is 0.969. The highest BCUT2D eigenvalue weighted by Crippen LogP contribution is 2.16. The molecule has 0 aliphatic carbocycles. The number of hydrogen-bond acceptors (Lipinski definition) is 2. The van der Waals surface area contributed by atoms with Crippen molar-refractivity contribution in [1.29, 1.82) is 0 Å². The van der Waals surface area contributed by atoms with Crippen LogP contribution < -0.4 is 9.88 Å². The molecule has 0 saturated carbocycles. The molecule has 0 amide bonds. The molecule has 0 unspecified atom stereocenters. The predicted molar refractivity (Wildman–Crippen MR) is 58.4 cm³/mol. The first kappa shape index (κ1) is 8.41. The fraction of sp³-hybridized carbons (Fsp3) is 0.167. The van der Waals surface area contributed by atoms with Crippen molar-refractivity contribution in [3.8, 4) is 11.3 Å². The van der Waals surface area contributed by atoms with Gasteiger partial charge in [0.05, 0.1) is 12.7 Å². The Morgan fingerprint density at radius 1 is 1.13 bits per heavy atom. The Balaban J connectivity index is 2.07. The lowest BCUT2D eigenvalue weighted by atomic mass is 10.1. The van der Waals surface area contributed by atoms with Gasteiger partial charge in [-0.1, -0.05) is 35.3 Å². The summed E-state index contributed by atoms with van der Waals surface area (Å²) in [7, 11) is 0. The average molecular weight is 198 g/mol. The Morgan fingerprint density at radius 2 is 2.00 bits per heavy atom. The molecule has 3 nitrogen and oxygen atoms in total. The van der Waals surface area contributed by atoms with Crippen LogP contribution in [0.3, 0.4) is 0 Å². The molecule has 0 atom stereocenters. The highest BCUT2D eigenvalue weighted by molar-refractivity contribution is 5.59. The van der Waals surface area contributed by atoms with Crippen molar-refractivity contribution in [1.82, 2.24) is 4.98 Å². The van der Waals surface area contributed by atoms with E-state index in [1.54, 1.807) is 0 Å². The van der Waals surface area contributed by atoms with Gasteiger partial charge in [0.2, 0.25) is 0 Å². The fourth-order valence-electron chi connectivity index (χ4n) is 1.83. The van der Waals surface area contributed by atoms with Crippen molar-refractivity contribution in [2.75, 3.05) is 11.9 Å². The van der Waals surface area contributed by atoms with E-state index in [1.807, 2.05) is 18.2 Å². The van der Waals surface area contributed by atoms with Crippen molar-refractivity contribution in [2.45, 2.75) is 6.54 Å². The van der Waals surface area contributed by atoms with E-state index < -0.39 is 0 Å². The van der Waals surface area contributed by atoms with Crippen LogP contribution >= 0.6 is 0 Å². The predicted octanol–water partition coefficient (Wildman–Crippen LogP) is 1.46. The molecule has 0 spiro atoms. The zero-order chi connectivity index (χ0) is 10.1. The first-order valence-corrected chi connectivity index (χ1v) is 5.13. The van der Waals surface area contributed by atoms with E-state index in [2.05, 4.69) is 39.3 Å². The summed E-state index contributed by atoms with van der Waals surface area (Å²) in [6.07, 6.45) is 2.09. The molecule has 0 bridgehead atoms. The minimum absolute atomic E-state index is 0.969. The van der Waals surface area contributed by atoms with Crippen LogP contribution in [0, 0.1) is 0 Å². The molecule has 74 valence electrons. The Kier molecular flexibility index (Phi) is 1.88. The van der Waals surface area contributed by atoms with E-state index >= 15 is 0 Å². The molecular weight excluding hydrogens is 186 g/mol. The lowest BCUT2D eigenvalue weighted by molar-refractivity contribution is -0.672.